The van der Waals surface area contributed by atoms with Crippen molar-refractivity contribution in [3.05, 3.63) is 41.3 Å². The van der Waals surface area contributed by atoms with Gasteiger partial charge in [0.2, 0.25) is 5.96 Å². The summed E-state index contributed by atoms with van der Waals surface area (Å²) in [5.74, 6) is 0.790. The largest absolute Gasteiger partial charge is 0.497 e. The first-order valence-electron chi connectivity index (χ1n) is 5.55. The topological polar surface area (TPSA) is 86.0 Å². The van der Waals surface area contributed by atoms with Crippen LogP contribution in [-0.4, -0.2) is 19.3 Å². The molecule has 4 N–H and O–H groups in total. The lowest BCUT2D eigenvalue weighted by Crippen LogP contribution is -2.21. The van der Waals surface area contributed by atoms with Gasteiger partial charge in [-0.3, -0.25) is 0 Å². The Bertz CT molecular complexity index is 603. The highest BCUT2D eigenvalue weighted by Crippen LogP contribution is 2.28. The fourth-order valence-electron chi connectivity index (χ4n) is 1.49. The molecule has 2 rings (SSSR count). The van der Waals surface area contributed by atoms with Gasteiger partial charge in [0.15, 0.2) is 0 Å². The van der Waals surface area contributed by atoms with E-state index in [1.807, 2.05) is 36.4 Å². The van der Waals surface area contributed by atoms with Crippen molar-refractivity contribution >= 4 is 35.9 Å². The second-order valence-corrected chi connectivity index (χ2v) is 4.82. The van der Waals surface area contributed by atoms with Crippen molar-refractivity contribution in [2.24, 2.45) is 21.7 Å². The number of benzene rings is 1. The molecule has 1 heterocycles. The average Bonchev–Trinajstić information content (AvgIpc) is 2.87. The van der Waals surface area contributed by atoms with E-state index in [4.69, 9.17) is 16.2 Å². The van der Waals surface area contributed by atoms with Gasteiger partial charge < -0.3 is 16.2 Å². The molecule has 0 aliphatic heterocycles. The second kappa shape index (κ2) is 7.52. The fraction of sp³-hybridized carbons (Fsp3) is 0.0769. The Kier molecular flexibility index (Phi) is 6.02. The molecule has 2 aromatic rings. The molecule has 5 nitrogen and oxygen atoms in total. The van der Waals surface area contributed by atoms with Crippen LogP contribution in [0.15, 0.2) is 46.6 Å². The van der Waals surface area contributed by atoms with E-state index in [-0.39, 0.29) is 18.4 Å². The number of ether oxygens (including phenoxy) is 1. The lowest BCUT2D eigenvalue weighted by molar-refractivity contribution is 0.415. The Morgan fingerprint density at radius 1 is 1.15 bits per heavy atom. The average molecular weight is 311 g/mol. The molecule has 0 unspecified atom stereocenters. The van der Waals surface area contributed by atoms with Gasteiger partial charge in [0.05, 0.1) is 13.3 Å². The molecular weight excluding hydrogens is 296 g/mol. The van der Waals surface area contributed by atoms with Gasteiger partial charge in [0, 0.05) is 9.75 Å². The van der Waals surface area contributed by atoms with E-state index in [0.29, 0.717) is 0 Å². The summed E-state index contributed by atoms with van der Waals surface area (Å²) in [7, 11) is 1.65. The molecule has 0 aliphatic carbocycles. The van der Waals surface area contributed by atoms with Gasteiger partial charge in [-0.15, -0.1) is 28.8 Å². The zero-order valence-corrected chi connectivity index (χ0v) is 12.4. The summed E-state index contributed by atoms with van der Waals surface area (Å²) < 4.78 is 5.13. The first-order valence-corrected chi connectivity index (χ1v) is 6.37. The van der Waals surface area contributed by atoms with Crippen molar-refractivity contribution < 1.29 is 4.74 Å². The van der Waals surface area contributed by atoms with Crippen LogP contribution >= 0.6 is 23.7 Å². The molecule has 1 aromatic carbocycles. The fourth-order valence-corrected chi connectivity index (χ4v) is 2.36. The third-order valence-electron chi connectivity index (χ3n) is 2.36. The van der Waals surface area contributed by atoms with E-state index in [1.165, 1.54) is 0 Å². The molecular formula is C13H15ClN4OS. The van der Waals surface area contributed by atoms with Gasteiger partial charge in [-0.1, -0.05) is 0 Å². The third-order valence-corrected chi connectivity index (χ3v) is 3.43. The molecule has 0 bridgehead atoms. The summed E-state index contributed by atoms with van der Waals surface area (Å²) in [5.41, 5.74) is 11.5. The number of hydrogen-bond donors (Lipinski definition) is 2. The van der Waals surface area contributed by atoms with E-state index in [2.05, 4.69) is 10.2 Å². The van der Waals surface area contributed by atoms with Crippen LogP contribution in [0.4, 0.5) is 0 Å². The van der Waals surface area contributed by atoms with Crippen molar-refractivity contribution in [1.29, 1.82) is 0 Å². The Hall–Kier alpha value is -2.05. The molecule has 7 heteroatoms. The number of rotatable bonds is 4. The van der Waals surface area contributed by atoms with Crippen LogP contribution in [0.3, 0.4) is 0 Å². The SMILES string of the molecule is COc1ccc(-c2ccc(/C=N/N=C(N)N)s2)cc1.Cl. The Balaban J connectivity index is 0.00000200. The first-order chi connectivity index (χ1) is 9.19. The van der Waals surface area contributed by atoms with E-state index in [1.54, 1.807) is 24.7 Å². The van der Waals surface area contributed by atoms with Gasteiger partial charge in [0.1, 0.15) is 5.75 Å². The highest BCUT2D eigenvalue weighted by molar-refractivity contribution is 7.17. The number of nitrogens with zero attached hydrogens (tertiary/aromatic N) is 2. The first kappa shape index (κ1) is 16.0. The van der Waals surface area contributed by atoms with Crippen LogP contribution in [0.5, 0.6) is 5.75 Å². The second-order valence-electron chi connectivity index (χ2n) is 3.70. The number of methoxy groups -OCH3 is 1. The molecule has 106 valence electrons. The number of hydrogen-bond acceptors (Lipinski definition) is 4. The van der Waals surface area contributed by atoms with Crippen molar-refractivity contribution in [1.82, 2.24) is 0 Å². The highest BCUT2D eigenvalue weighted by atomic mass is 35.5. The van der Waals surface area contributed by atoms with Gasteiger partial charge in [0.25, 0.3) is 0 Å². The zero-order chi connectivity index (χ0) is 13.7. The monoisotopic (exact) mass is 310 g/mol. The minimum absolute atomic E-state index is 0. The standard InChI is InChI=1S/C13H14N4OS.ClH/c1-18-10-4-2-9(3-5-10)12-7-6-11(19-12)8-16-17-13(14)15;/h2-8H,1H3,(H4,14,15,17);1H/b16-8+;. The van der Waals surface area contributed by atoms with Crippen LogP contribution in [0.2, 0.25) is 0 Å². The zero-order valence-electron chi connectivity index (χ0n) is 10.8. The minimum Gasteiger partial charge on any atom is -0.497 e. The maximum Gasteiger partial charge on any atom is 0.211 e. The molecule has 0 spiro atoms. The molecule has 0 atom stereocenters. The maximum atomic E-state index is 5.19. The summed E-state index contributed by atoms with van der Waals surface area (Å²) in [6.07, 6.45) is 1.62. The summed E-state index contributed by atoms with van der Waals surface area (Å²) in [6.45, 7) is 0. The van der Waals surface area contributed by atoms with Crippen LogP contribution in [-0.2, 0) is 0 Å². The number of guanidine groups is 1. The lowest BCUT2D eigenvalue weighted by Gasteiger charge is -2.00. The molecule has 0 aliphatic rings. The van der Waals surface area contributed by atoms with Crippen LogP contribution in [0, 0.1) is 0 Å². The van der Waals surface area contributed by atoms with Crippen LogP contribution < -0.4 is 16.2 Å². The summed E-state index contributed by atoms with van der Waals surface area (Å²) in [6, 6.07) is 11.9. The van der Waals surface area contributed by atoms with E-state index < -0.39 is 0 Å². The predicted octanol–water partition coefficient (Wildman–Crippen LogP) is 2.45. The smallest absolute Gasteiger partial charge is 0.211 e. The van der Waals surface area contributed by atoms with E-state index >= 15 is 0 Å². The minimum atomic E-state index is -0.0526. The molecule has 0 saturated carbocycles. The molecule has 1 aromatic heterocycles. The Morgan fingerprint density at radius 2 is 1.85 bits per heavy atom. The molecule has 0 fully saturated rings. The van der Waals surface area contributed by atoms with E-state index in [9.17, 15) is 0 Å². The number of thiophene rings is 1. The van der Waals surface area contributed by atoms with Gasteiger partial charge >= 0.3 is 0 Å². The maximum absolute atomic E-state index is 5.19. The summed E-state index contributed by atoms with van der Waals surface area (Å²) in [5, 5.41) is 7.34. The van der Waals surface area contributed by atoms with Gasteiger partial charge in [-0.25, -0.2) is 0 Å². The lowest BCUT2D eigenvalue weighted by atomic mass is 10.2. The van der Waals surface area contributed by atoms with Crippen molar-refractivity contribution in [3.63, 3.8) is 0 Å². The Labute approximate surface area is 127 Å². The Morgan fingerprint density at radius 3 is 2.45 bits per heavy atom. The van der Waals surface area contributed by atoms with Crippen molar-refractivity contribution in [3.8, 4) is 16.2 Å². The van der Waals surface area contributed by atoms with Crippen LogP contribution in [0.25, 0.3) is 10.4 Å². The highest BCUT2D eigenvalue weighted by Gasteiger charge is 2.01. The summed E-state index contributed by atoms with van der Waals surface area (Å²) in [4.78, 5) is 2.13. The quantitative estimate of drug-likeness (QED) is 0.516. The molecule has 0 amide bonds. The van der Waals surface area contributed by atoms with Gasteiger partial charge in [-0.05, 0) is 42.0 Å². The molecule has 0 radical (unpaired) electrons. The predicted molar refractivity (Wildman–Crippen MR) is 87.0 cm³/mol. The summed E-state index contributed by atoms with van der Waals surface area (Å²) >= 11 is 1.61. The normalized spacial score (nSPS) is 10.1. The third kappa shape index (κ3) is 4.25. The van der Waals surface area contributed by atoms with Gasteiger partial charge in [-0.2, -0.15) is 5.10 Å². The van der Waals surface area contributed by atoms with Crippen LogP contribution in [0.1, 0.15) is 4.88 Å². The molecule has 0 saturated heterocycles. The van der Waals surface area contributed by atoms with Crippen molar-refractivity contribution in [2.45, 2.75) is 0 Å². The molecule has 20 heavy (non-hydrogen) atoms. The number of nitrogens with two attached hydrogens (primary N) is 2. The van der Waals surface area contributed by atoms with E-state index in [0.717, 1.165) is 21.1 Å². The van der Waals surface area contributed by atoms with Crippen molar-refractivity contribution in [2.75, 3.05) is 7.11 Å². The number of halogens is 1.